The van der Waals surface area contributed by atoms with Crippen molar-refractivity contribution in [1.29, 1.82) is 0 Å². The average molecular weight is 535 g/mol. The number of hydrogen-bond acceptors (Lipinski definition) is 7. The highest BCUT2D eigenvalue weighted by Crippen LogP contribution is 2.40. The van der Waals surface area contributed by atoms with Crippen LogP contribution < -0.4 is 5.32 Å². The predicted molar refractivity (Wildman–Crippen MR) is 126 cm³/mol. The Morgan fingerprint density at radius 3 is 2.23 bits per heavy atom. The molecular weight excluding hydrogens is 509 g/mol. The Morgan fingerprint density at radius 1 is 1.03 bits per heavy atom. The van der Waals surface area contributed by atoms with Gasteiger partial charge in [0.15, 0.2) is 0 Å². The number of nitrogens with zero attached hydrogens (tertiary/aromatic N) is 3. The van der Waals surface area contributed by atoms with E-state index in [0.717, 1.165) is 35.9 Å². The number of amides is 1. The number of nitrogens with one attached hydrogen (secondary N) is 1. The number of aliphatic carboxylic acids is 2. The van der Waals surface area contributed by atoms with E-state index in [4.69, 9.17) is 15.0 Å². The highest BCUT2D eigenvalue weighted by molar-refractivity contribution is 8.76. The number of hydrogen-bond donors (Lipinski definition) is 3. The molecule has 1 heterocycles. The lowest BCUT2D eigenvalue weighted by Crippen LogP contribution is -2.26. The van der Waals surface area contributed by atoms with Gasteiger partial charge in [0.2, 0.25) is 5.91 Å². The smallest absolute Gasteiger partial charge is 0.481 e. The zero-order valence-corrected chi connectivity index (χ0v) is 20.2. The molecule has 0 spiro atoms. The van der Waals surface area contributed by atoms with Crippen LogP contribution >= 0.6 is 21.6 Å². The van der Waals surface area contributed by atoms with Crippen LogP contribution in [0.25, 0.3) is 5.69 Å². The highest BCUT2D eigenvalue weighted by Gasteiger charge is 2.38. The fourth-order valence-electron chi connectivity index (χ4n) is 2.75. The maximum absolute atomic E-state index is 12.1. The van der Waals surface area contributed by atoms with Crippen molar-refractivity contribution in [2.75, 3.05) is 18.1 Å². The minimum Gasteiger partial charge on any atom is -0.481 e. The van der Waals surface area contributed by atoms with E-state index in [0.29, 0.717) is 31.1 Å². The Morgan fingerprint density at radius 2 is 1.66 bits per heavy atom. The summed E-state index contributed by atoms with van der Waals surface area (Å²) < 4.78 is 33.8. The zero-order chi connectivity index (χ0) is 25.8. The summed E-state index contributed by atoms with van der Waals surface area (Å²) in [4.78, 5) is 31.5. The predicted octanol–water partition coefficient (Wildman–Crippen LogP) is 3.68. The first-order chi connectivity index (χ1) is 16.6. The lowest BCUT2D eigenvalue weighted by molar-refractivity contribution is -0.192. The summed E-state index contributed by atoms with van der Waals surface area (Å²) in [7, 11) is 3.09. The van der Waals surface area contributed by atoms with Crippen molar-refractivity contribution in [1.82, 2.24) is 20.1 Å². The third kappa shape index (κ3) is 10.6. The van der Waals surface area contributed by atoms with Crippen molar-refractivity contribution in [2.24, 2.45) is 0 Å². The van der Waals surface area contributed by atoms with E-state index in [9.17, 15) is 22.8 Å². The van der Waals surface area contributed by atoms with Gasteiger partial charge in [-0.3, -0.25) is 14.2 Å². The lowest BCUT2D eigenvalue weighted by Gasteiger charge is -2.10. The molecule has 1 aromatic carbocycles. The molecule has 14 heteroatoms. The van der Waals surface area contributed by atoms with Crippen LogP contribution in [0.4, 0.5) is 13.2 Å². The van der Waals surface area contributed by atoms with Gasteiger partial charge in [0, 0.05) is 42.5 Å². The fraction of sp³-hybridized carbons (Fsp3) is 0.476. The summed E-state index contributed by atoms with van der Waals surface area (Å²) in [6.07, 6.45) is -1.72. The third-order valence-electron chi connectivity index (χ3n) is 4.52. The van der Waals surface area contributed by atoms with Crippen LogP contribution in [0, 0.1) is 0 Å². The monoisotopic (exact) mass is 534 g/mol. The molecule has 9 nitrogen and oxygen atoms in total. The molecule has 2 aromatic rings. The van der Waals surface area contributed by atoms with Gasteiger partial charge in [0.1, 0.15) is 11.6 Å². The van der Waals surface area contributed by atoms with Crippen LogP contribution in [0.3, 0.4) is 0 Å². The van der Waals surface area contributed by atoms with E-state index in [1.807, 2.05) is 30.3 Å². The normalized spacial score (nSPS) is 13.0. The van der Waals surface area contributed by atoms with Crippen LogP contribution in [0.1, 0.15) is 43.3 Å². The molecule has 35 heavy (non-hydrogen) atoms. The topological polar surface area (TPSA) is 134 Å². The van der Waals surface area contributed by atoms with Gasteiger partial charge in [-0.15, -0.1) is 10.2 Å². The van der Waals surface area contributed by atoms with Crippen LogP contribution in [-0.4, -0.2) is 67.1 Å². The van der Waals surface area contributed by atoms with Gasteiger partial charge in [0.25, 0.3) is 0 Å². The molecule has 0 radical (unpaired) electrons. The molecule has 1 aromatic heterocycles. The Kier molecular flexibility index (Phi) is 11.4. The second kappa shape index (κ2) is 14.0. The first kappa shape index (κ1) is 28.5. The van der Waals surface area contributed by atoms with Crippen LogP contribution in [0.5, 0.6) is 0 Å². The fourth-order valence-corrected chi connectivity index (χ4v) is 4.64. The second-order valence-corrected chi connectivity index (χ2v) is 10.1. The number of aryl methyl sites for hydroxylation is 1. The molecule has 1 aliphatic rings. The summed E-state index contributed by atoms with van der Waals surface area (Å²) in [5, 5.41) is 27.3. The zero-order valence-electron chi connectivity index (χ0n) is 18.5. The van der Waals surface area contributed by atoms with Crippen molar-refractivity contribution < 1.29 is 37.8 Å². The van der Waals surface area contributed by atoms with Crippen molar-refractivity contribution in [2.45, 2.75) is 44.2 Å². The van der Waals surface area contributed by atoms with E-state index in [2.05, 4.69) is 20.1 Å². The van der Waals surface area contributed by atoms with Gasteiger partial charge >= 0.3 is 18.1 Å². The lowest BCUT2D eigenvalue weighted by atomic mass is 10.2. The van der Waals surface area contributed by atoms with Crippen LogP contribution in [0.2, 0.25) is 0 Å². The molecule has 1 aliphatic carbocycles. The Labute approximate surface area is 207 Å². The van der Waals surface area contributed by atoms with Gasteiger partial charge in [-0.2, -0.15) is 13.2 Å². The summed E-state index contributed by atoms with van der Waals surface area (Å²) in [6.45, 7) is 0.572. The number of carbonyl (C=O) groups excluding carboxylic acids is 1. The summed E-state index contributed by atoms with van der Waals surface area (Å²) in [5.74, 6) is 0.0760. The maximum atomic E-state index is 12.1. The minimum absolute atomic E-state index is 0.00767. The summed E-state index contributed by atoms with van der Waals surface area (Å²) in [5.41, 5.74) is 1.04. The number of halogens is 3. The number of carbonyl (C=O) groups is 3. The number of alkyl halides is 3. The van der Waals surface area contributed by atoms with Crippen molar-refractivity contribution in [3.8, 4) is 5.69 Å². The molecule has 3 N–H and O–H groups in total. The first-order valence-electron chi connectivity index (χ1n) is 10.6. The molecule has 1 fully saturated rings. The third-order valence-corrected chi connectivity index (χ3v) is 6.93. The minimum atomic E-state index is -5.08. The molecule has 0 atom stereocenters. The molecule has 1 amide bonds. The average Bonchev–Trinajstić information content (AvgIpc) is 3.56. The number of carboxylic acids is 2. The van der Waals surface area contributed by atoms with E-state index >= 15 is 0 Å². The van der Waals surface area contributed by atoms with Gasteiger partial charge in [-0.1, -0.05) is 39.8 Å². The number of aromatic nitrogens is 3. The van der Waals surface area contributed by atoms with Crippen LogP contribution in [-0.2, 0) is 20.8 Å². The second-order valence-electron chi connectivity index (χ2n) is 7.36. The molecule has 192 valence electrons. The van der Waals surface area contributed by atoms with E-state index in [1.54, 1.807) is 10.8 Å². The Bertz CT molecular complexity index is 985. The van der Waals surface area contributed by atoms with E-state index < -0.39 is 18.1 Å². The Hall–Kier alpha value is -2.74. The van der Waals surface area contributed by atoms with Crippen LogP contribution in [0.15, 0.2) is 30.3 Å². The van der Waals surface area contributed by atoms with Gasteiger partial charge in [-0.25, -0.2) is 4.79 Å². The summed E-state index contributed by atoms with van der Waals surface area (Å²) in [6, 6.07) is 10.1. The maximum Gasteiger partial charge on any atom is 0.490 e. The summed E-state index contributed by atoms with van der Waals surface area (Å²) >= 11 is 0. The highest BCUT2D eigenvalue weighted by atomic mass is 33.1. The van der Waals surface area contributed by atoms with Crippen molar-refractivity contribution in [3.05, 3.63) is 42.0 Å². The number of carboxylic acid groups (broad SMARTS) is 2. The van der Waals surface area contributed by atoms with Crippen molar-refractivity contribution in [3.63, 3.8) is 0 Å². The molecular formula is C21H25F3N4O5S2. The van der Waals surface area contributed by atoms with Gasteiger partial charge < -0.3 is 15.5 Å². The van der Waals surface area contributed by atoms with E-state index in [-0.39, 0.29) is 12.3 Å². The van der Waals surface area contributed by atoms with Gasteiger partial charge in [-0.05, 0) is 25.0 Å². The van der Waals surface area contributed by atoms with Crippen molar-refractivity contribution >= 4 is 39.4 Å². The first-order valence-corrected chi connectivity index (χ1v) is 13.1. The molecule has 0 bridgehead atoms. The number of rotatable bonds is 12. The quantitative estimate of drug-likeness (QED) is 0.275. The number of benzene rings is 1. The van der Waals surface area contributed by atoms with E-state index in [1.165, 1.54) is 10.8 Å². The standard InChI is InChI=1S/C19H24N4O3S2.C2HF3O2/c24-17(20-11-13-28-27-12-10-18(25)26)9-8-16-21-22-19(14-6-7-14)23(16)15-4-2-1-3-5-15;3-2(4,5)1(6)7/h1-5,14H,6-13H2,(H,20,24)(H,25,26);(H,6,7). The molecule has 0 saturated heterocycles. The molecule has 3 rings (SSSR count). The molecule has 0 unspecified atom stereocenters. The Balaban J connectivity index is 0.000000540. The largest absolute Gasteiger partial charge is 0.490 e. The molecule has 0 aliphatic heterocycles. The number of para-hydroxylation sites is 1. The van der Waals surface area contributed by atoms with Gasteiger partial charge in [0.05, 0.1) is 6.42 Å². The molecule has 1 saturated carbocycles. The SMILES string of the molecule is O=C(O)C(F)(F)F.O=C(O)CCSSCCNC(=O)CCc1nnc(C2CC2)n1-c1ccccc1.